The molecular formula is C18H28N4O3S. The number of sulfonamides is 1. The molecule has 1 atom stereocenters. The highest BCUT2D eigenvalue weighted by Gasteiger charge is 2.27. The number of aliphatic hydroxyl groups excluding tert-OH is 1. The van der Waals surface area contributed by atoms with Crippen molar-refractivity contribution in [2.24, 2.45) is 4.99 Å². The van der Waals surface area contributed by atoms with E-state index in [2.05, 4.69) is 15.2 Å². The van der Waals surface area contributed by atoms with Gasteiger partial charge in [0.05, 0.1) is 17.5 Å². The van der Waals surface area contributed by atoms with E-state index < -0.39 is 10.0 Å². The molecule has 0 unspecified atom stereocenters. The van der Waals surface area contributed by atoms with Gasteiger partial charge in [-0.2, -0.15) is 4.31 Å². The van der Waals surface area contributed by atoms with Crippen molar-refractivity contribution in [3.05, 3.63) is 29.8 Å². The zero-order chi connectivity index (χ0) is 18.6. The molecule has 1 aromatic carbocycles. The van der Waals surface area contributed by atoms with Crippen molar-refractivity contribution < 1.29 is 13.5 Å². The van der Waals surface area contributed by atoms with Crippen molar-refractivity contribution in [1.82, 2.24) is 14.5 Å². The van der Waals surface area contributed by atoms with Gasteiger partial charge in [-0.05, 0) is 43.9 Å². The summed E-state index contributed by atoms with van der Waals surface area (Å²) in [6.07, 6.45) is 2.33. The van der Waals surface area contributed by atoms with Crippen LogP contribution in [0.3, 0.4) is 0 Å². The lowest BCUT2D eigenvalue weighted by atomic mass is 10.2. The Labute approximate surface area is 155 Å². The van der Waals surface area contributed by atoms with E-state index in [1.807, 2.05) is 19.1 Å². The van der Waals surface area contributed by atoms with Gasteiger partial charge in [0.15, 0.2) is 5.96 Å². The Morgan fingerprint density at radius 3 is 2.50 bits per heavy atom. The highest BCUT2D eigenvalue weighted by molar-refractivity contribution is 7.89. The highest BCUT2D eigenvalue weighted by atomic mass is 32.2. The smallest absolute Gasteiger partial charge is 0.243 e. The van der Waals surface area contributed by atoms with Crippen LogP contribution in [0, 0.1) is 0 Å². The van der Waals surface area contributed by atoms with Gasteiger partial charge >= 0.3 is 0 Å². The molecule has 26 heavy (non-hydrogen) atoms. The third-order valence-corrected chi connectivity index (χ3v) is 6.75. The van der Waals surface area contributed by atoms with Crippen molar-refractivity contribution in [3.63, 3.8) is 0 Å². The largest absolute Gasteiger partial charge is 0.391 e. The maximum Gasteiger partial charge on any atom is 0.243 e. The summed E-state index contributed by atoms with van der Waals surface area (Å²) in [7, 11) is -3.37. The van der Waals surface area contributed by atoms with Crippen LogP contribution in [0.4, 0.5) is 0 Å². The second-order valence-electron chi connectivity index (χ2n) is 6.81. The average molecular weight is 381 g/mol. The lowest BCUT2D eigenvalue weighted by molar-refractivity contribution is 0.188. The molecule has 2 aliphatic heterocycles. The molecule has 2 heterocycles. The molecule has 2 saturated heterocycles. The zero-order valence-electron chi connectivity index (χ0n) is 15.3. The van der Waals surface area contributed by atoms with Gasteiger partial charge in [0.25, 0.3) is 0 Å². The summed E-state index contributed by atoms with van der Waals surface area (Å²) in [6, 6.07) is 7.00. The summed E-state index contributed by atoms with van der Waals surface area (Å²) in [4.78, 5) is 7.03. The molecule has 1 aromatic rings. The molecule has 144 valence electrons. The number of guanidine groups is 1. The molecule has 2 fully saturated rings. The first-order valence-corrected chi connectivity index (χ1v) is 10.7. The van der Waals surface area contributed by atoms with Gasteiger partial charge < -0.3 is 15.3 Å². The predicted octanol–water partition coefficient (Wildman–Crippen LogP) is 1.00. The minimum atomic E-state index is -3.37. The fraction of sp³-hybridized carbons (Fsp3) is 0.611. The molecule has 3 rings (SSSR count). The van der Waals surface area contributed by atoms with Gasteiger partial charge in [-0.3, -0.25) is 0 Å². The first kappa shape index (κ1) is 19.1. The first-order valence-electron chi connectivity index (χ1n) is 9.31. The number of aliphatic imine (C=N–C) groups is 1. The molecule has 7 nitrogen and oxygen atoms in total. The molecule has 0 bridgehead atoms. The van der Waals surface area contributed by atoms with E-state index >= 15 is 0 Å². The topological polar surface area (TPSA) is 85.2 Å². The Morgan fingerprint density at radius 1 is 1.23 bits per heavy atom. The molecule has 0 amide bonds. The van der Waals surface area contributed by atoms with E-state index in [9.17, 15) is 13.5 Å². The lowest BCUT2D eigenvalue weighted by Gasteiger charge is -2.21. The molecule has 0 aliphatic carbocycles. The number of benzene rings is 1. The highest BCUT2D eigenvalue weighted by Crippen LogP contribution is 2.21. The summed E-state index contributed by atoms with van der Waals surface area (Å²) >= 11 is 0. The number of nitrogens with one attached hydrogen (secondary N) is 1. The summed E-state index contributed by atoms with van der Waals surface area (Å²) in [5, 5.41) is 13.0. The molecular weight excluding hydrogens is 352 g/mol. The Morgan fingerprint density at radius 2 is 1.92 bits per heavy atom. The number of likely N-dealkylation sites (tertiary alicyclic amines) is 1. The van der Waals surface area contributed by atoms with Gasteiger partial charge in [-0.25, -0.2) is 13.4 Å². The number of hydrogen-bond acceptors (Lipinski definition) is 4. The monoisotopic (exact) mass is 380 g/mol. The third kappa shape index (κ3) is 4.36. The standard InChI is InChI=1S/C18H28N4O3S/c1-2-19-18(21-12-9-16(23)14-21)20-13-15-5-7-17(8-6-15)26(24,25)22-10-3-4-11-22/h5-8,16,23H,2-4,9-14H2,1H3,(H,19,20)/t16-/m1/s1. The van der Waals surface area contributed by atoms with Crippen molar-refractivity contribution in [2.45, 2.75) is 43.7 Å². The van der Waals surface area contributed by atoms with Gasteiger partial charge in [0.1, 0.15) is 0 Å². The Balaban J connectivity index is 1.68. The number of nitrogens with zero attached hydrogens (tertiary/aromatic N) is 3. The SMILES string of the molecule is CCNC(=NCc1ccc(S(=O)(=O)N2CCCC2)cc1)N1CC[C@@H](O)C1. The molecule has 2 N–H and O–H groups in total. The molecule has 0 saturated carbocycles. The summed E-state index contributed by atoms with van der Waals surface area (Å²) < 4.78 is 26.7. The second kappa shape index (κ2) is 8.37. The van der Waals surface area contributed by atoms with Crippen LogP contribution in [0.1, 0.15) is 31.7 Å². The van der Waals surface area contributed by atoms with Crippen LogP contribution in [0.5, 0.6) is 0 Å². The normalized spacial score (nSPS) is 22.2. The van der Waals surface area contributed by atoms with Crippen LogP contribution < -0.4 is 5.32 Å². The van der Waals surface area contributed by atoms with Crippen molar-refractivity contribution in [1.29, 1.82) is 0 Å². The molecule has 0 spiro atoms. The van der Waals surface area contributed by atoms with Gasteiger partial charge in [0.2, 0.25) is 10.0 Å². The Kier molecular flexibility index (Phi) is 6.16. The van der Waals surface area contributed by atoms with E-state index in [-0.39, 0.29) is 6.10 Å². The second-order valence-corrected chi connectivity index (χ2v) is 8.75. The number of β-amino-alcohol motifs (C(OH)–C–C–N with tert-alkyl or cyclic N) is 1. The number of hydrogen-bond donors (Lipinski definition) is 2. The summed E-state index contributed by atoms with van der Waals surface area (Å²) in [5.41, 5.74) is 0.959. The first-order chi connectivity index (χ1) is 12.5. The maximum absolute atomic E-state index is 12.6. The van der Waals surface area contributed by atoms with Gasteiger partial charge in [-0.15, -0.1) is 0 Å². The van der Waals surface area contributed by atoms with E-state index in [1.54, 1.807) is 16.4 Å². The fourth-order valence-corrected chi connectivity index (χ4v) is 4.89. The number of aliphatic hydroxyl groups is 1. The fourth-order valence-electron chi connectivity index (χ4n) is 3.37. The van der Waals surface area contributed by atoms with Crippen LogP contribution in [-0.4, -0.2) is 67.5 Å². The van der Waals surface area contributed by atoms with Crippen LogP contribution in [0.25, 0.3) is 0 Å². The van der Waals surface area contributed by atoms with Crippen LogP contribution in [0.15, 0.2) is 34.2 Å². The van der Waals surface area contributed by atoms with E-state index in [0.29, 0.717) is 31.1 Å². The third-order valence-electron chi connectivity index (χ3n) is 4.84. The van der Waals surface area contributed by atoms with Crippen molar-refractivity contribution in [2.75, 3.05) is 32.7 Å². The zero-order valence-corrected chi connectivity index (χ0v) is 16.1. The Bertz CT molecular complexity index is 727. The minimum absolute atomic E-state index is 0.297. The maximum atomic E-state index is 12.6. The van der Waals surface area contributed by atoms with Crippen molar-refractivity contribution >= 4 is 16.0 Å². The predicted molar refractivity (Wildman–Crippen MR) is 101 cm³/mol. The van der Waals surface area contributed by atoms with Crippen LogP contribution in [0.2, 0.25) is 0 Å². The van der Waals surface area contributed by atoms with Gasteiger partial charge in [-0.1, -0.05) is 12.1 Å². The van der Waals surface area contributed by atoms with Crippen molar-refractivity contribution in [3.8, 4) is 0 Å². The molecule has 2 aliphatic rings. The molecule has 8 heteroatoms. The van der Waals surface area contributed by atoms with Crippen LogP contribution in [-0.2, 0) is 16.6 Å². The van der Waals surface area contributed by atoms with E-state index in [0.717, 1.165) is 43.9 Å². The average Bonchev–Trinajstić information content (AvgIpc) is 3.31. The minimum Gasteiger partial charge on any atom is -0.391 e. The van der Waals surface area contributed by atoms with Gasteiger partial charge in [0, 0.05) is 32.7 Å². The summed E-state index contributed by atoms with van der Waals surface area (Å²) in [6.45, 7) is 5.86. The van der Waals surface area contributed by atoms with E-state index in [4.69, 9.17) is 0 Å². The molecule has 0 aromatic heterocycles. The lowest BCUT2D eigenvalue weighted by Crippen LogP contribution is -2.40. The Hall–Kier alpha value is -1.64. The number of rotatable bonds is 5. The molecule has 0 radical (unpaired) electrons. The van der Waals surface area contributed by atoms with E-state index in [1.165, 1.54) is 0 Å². The van der Waals surface area contributed by atoms with Crippen LogP contribution >= 0.6 is 0 Å². The summed E-state index contributed by atoms with van der Waals surface area (Å²) in [5.74, 6) is 0.790. The quantitative estimate of drug-likeness (QED) is 0.588.